The number of hydrogen-bond acceptors (Lipinski definition) is 4. The standard InChI is InChI=1S/C12H15N3S3/c1-8-2-3-10-11(13-8)15(12(16)14-10)6-9-7-17-4-5-18-9/h2-3,9H,4-7H2,1H3,(H,14,16). The Morgan fingerprint density at radius 3 is 3.17 bits per heavy atom. The largest absolute Gasteiger partial charge is 0.329 e. The van der Waals surface area contributed by atoms with Crippen molar-refractivity contribution in [3.63, 3.8) is 0 Å². The lowest BCUT2D eigenvalue weighted by Gasteiger charge is -2.21. The van der Waals surface area contributed by atoms with Crippen LogP contribution in [0.2, 0.25) is 0 Å². The third-order valence-corrected chi connectivity index (χ3v) is 6.18. The van der Waals surface area contributed by atoms with Gasteiger partial charge in [0.05, 0.1) is 5.52 Å². The first-order valence-electron chi connectivity index (χ1n) is 5.99. The van der Waals surface area contributed by atoms with E-state index in [1.807, 2.05) is 24.8 Å². The zero-order valence-electron chi connectivity index (χ0n) is 10.2. The van der Waals surface area contributed by atoms with E-state index in [4.69, 9.17) is 12.2 Å². The molecule has 0 spiro atoms. The number of pyridine rings is 1. The maximum absolute atomic E-state index is 5.42. The van der Waals surface area contributed by atoms with Gasteiger partial charge in [-0.1, -0.05) is 0 Å². The van der Waals surface area contributed by atoms with Crippen LogP contribution in [0.15, 0.2) is 12.1 Å². The van der Waals surface area contributed by atoms with E-state index < -0.39 is 0 Å². The molecule has 0 amide bonds. The summed E-state index contributed by atoms with van der Waals surface area (Å²) in [5, 5.41) is 0.650. The molecule has 2 aromatic rings. The topological polar surface area (TPSA) is 33.6 Å². The fraction of sp³-hybridized carbons (Fsp3) is 0.500. The number of hydrogen-bond donors (Lipinski definition) is 1. The van der Waals surface area contributed by atoms with Gasteiger partial charge >= 0.3 is 0 Å². The van der Waals surface area contributed by atoms with Crippen molar-refractivity contribution in [3.05, 3.63) is 22.6 Å². The molecule has 3 nitrogen and oxygen atoms in total. The monoisotopic (exact) mass is 297 g/mol. The van der Waals surface area contributed by atoms with E-state index in [0.717, 1.165) is 28.2 Å². The van der Waals surface area contributed by atoms with Gasteiger partial charge < -0.3 is 9.55 Å². The SMILES string of the molecule is Cc1ccc2[nH]c(=S)n(CC3CSCCS3)c2n1. The summed E-state index contributed by atoms with van der Waals surface area (Å²) in [5.74, 6) is 3.74. The molecule has 0 radical (unpaired) electrons. The average molecular weight is 297 g/mol. The fourth-order valence-corrected chi connectivity index (χ4v) is 5.06. The number of rotatable bonds is 2. The van der Waals surface area contributed by atoms with Gasteiger partial charge in [-0.25, -0.2) is 4.98 Å². The van der Waals surface area contributed by atoms with Crippen LogP contribution in [0.5, 0.6) is 0 Å². The molecule has 6 heteroatoms. The second-order valence-corrected chi connectivity index (χ2v) is 7.38. The van der Waals surface area contributed by atoms with Crippen LogP contribution in [-0.2, 0) is 6.54 Å². The first-order valence-corrected chi connectivity index (χ1v) is 8.61. The van der Waals surface area contributed by atoms with Crippen molar-refractivity contribution in [3.8, 4) is 0 Å². The Bertz CT molecular complexity index is 611. The van der Waals surface area contributed by atoms with Gasteiger partial charge in [0.2, 0.25) is 0 Å². The Balaban J connectivity index is 1.97. The summed E-state index contributed by atoms with van der Waals surface area (Å²) in [7, 11) is 0. The summed E-state index contributed by atoms with van der Waals surface area (Å²) in [4.78, 5) is 7.85. The van der Waals surface area contributed by atoms with Gasteiger partial charge in [-0.3, -0.25) is 0 Å². The van der Waals surface area contributed by atoms with Crippen LogP contribution in [0, 0.1) is 11.7 Å². The smallest absolute Gasteiger partial charge is 0.179 e. The maximum atomic E-state index is 5.42. The molecule has 18 heavy (non-hydrogen) atoms. The van der Waals surface area contributed by atoms with E-state index in [0.29, 0.717) is 5.25 Å². The molecule has 1 aliphatic heterocycles. The summed E-state index contributed by atoms with van der Waals surface area (Å²) >= 11 is 9.51. The van der Waals surface area contributed by atoms with Gasteiger partial charge in [-0.2, -0.15) is 23.5 Å². The Kier molecular flexibility index (Phi) is 3.68. The normalized spacial score (nSPS) is 20.4. The Morgan fingerprint density at radius 2 is 2.39 bits per heavy atom. The van der Waals surface area contributed by atoms with Crippen LogP contribution in [0.4, 0.5) is 0 Å². The predicted octanol–water partition coefficient (Wildman–Crippen LogP) is 3.25. The van der Waals surface area contributed by atoms with Crippen LogP contribution < -0.4 is 0 Å². The number of fused-ring (bicyclic) bond motifs is 1. The molecule has 0 aliphatic carbocycles. The van der Waals surface area contributed by atoms with E-state index in [1.54, 1.807) is 0 Å². The predicted molar refractivity (Wildman–Crippen MR) is 83.2 cm³/mol. The van der Waals surface area contributed by atoms with E-state index in [-0.39, 0.29) is 0 Å². The van der Waals surface area contributed by atoms with Crippen LogP contribution in [0.3, 0.4) is 0 Å². The highest BCUT2D eigenvalue weighted by molar-refractivity contribution is 8.06. The minimum Gasteiger partial charge on any atom is -0.329 e. The first kappa shape index (κ1) is 12.6. The molecule has 1 saturated heterocycles. The van der Waals surface area contributed by atoms with Crippen LogP contribution in [-0.4, -0.2) is 37.0 Å². The molecule has 0 saturated carbocycles. The van der Waals surface area contributed by atoms with Gasteiger partial charge in [0, 0.05) is 34.7 Å². The summed E-state index contributed by atoms with van der Waals surface area (Å²) in [6.45, 7) is 2.98. The molecular formula is C12H15N3S3. The Morgan fingerprint density at radius 1 is 1.50 bits per heavy atom. The quantitative estimate of drug-likeness (QED) is 0.863. The van der Waals surface area contributed by atoms with Gasteiger partial charge in [0.1, 0.15) is 0 Å². The number of thioether (sulfide) groups is 2. The van der Waals surface area contributed by atoms with E-state index in [2.05, 4.69) is 32.4 Å². The third kappa shape index (κ3) is 2.46. The molecule has 3 heterocycles. The second-order valence-electron chi connectivity index (χ2n) is 4.43. The molecule has 1 atom stereocenters. The number of nitrogens with one attached hydrogen (secondary N) is 1. The first-order chi connectivity index (χ1) is 8.74. The molecular weight excluding hydrogens is 282 g/mol. The maximum Gasteiger partial charge on any atom is 0.179 e. The van der Waals surface area contributed by atoms with Gasteiger partial charge in [-0.05, 0) is 31.3 Å². The van der Waals surface area contributed by atoms with Gasteiger partial charge in [-0.15, -0.1) is 0 Å². The highest BCUT2D eigenvalue weighted by Gasteiger charge is 2.17. The van der Waals surface area contributed by atoms with Crippen LogP contribution >= 0.6 is 35.7 Å². The number of nitrogens with zero attached hydrogens (tertiary/aromatic N) is 2. The number of imidazole rings is 1. The van der Waals surface area contributed by atoms with Crippen molar-refractivity contribution in [1.29, 1.82) is 0 Å². The summed E-state index contributed by atoms with van der Waals surface area (Å²) in [6.07, 6.45) is 0. The van der Waals surface area contributed by atoms with Crippen molar-refractivity contribution < 1.29 is 0 Å². The van der Waals surface area contributed by atoms with Crippen LogP contribution in [0.25, 0.3) is 11.2 Å². The summed E-state index contributed by atoms with van der Waals surface area (Å²) < 4.78 is 2.94. The van der Waals surface area contributed by atoms with Crippen LogP contribution in [0.1, 0.15) is 5.69 Å². The molecule has 2 aromatic heterocycles. The highest BCUT2D eigenvalue weighted by atomic mass is 32.2. The molecule has 0 aromatic carbocycles. The lowest BCUT2D eigenvalue weighted by Crippen LogP contribution is -2.20. The van der Waals surface area contributed by atoms with E-state index >= 15 is 0 Å². The molecule has 1 fully saturated rings. The summed E-state index contributed by atoms with van der Waals surface area (Å²) in [5.41, 5.74) is 3.08. The zero-order valence-corrected chi connectivity index (χ0v) is 12.6. The number of aromatic amines is 1. The van der Waals surface area contributed by atoms with Crippen molar-refractivity contribution >= 4 is 46.9 Å². The number of aromatic nitrogens is 3. The lowest BCUT2D eigenvalue weighted by molar-refractivity contribution is 0.698. The molecule has 3 rings (SSSR count). The minimum atomic E-state index is 0.650. The van der Waals surface area contributed by atoms with Gasteiger partial charge in [0.25, 0.3) is 0 Å². The Labute approximate surface area is 120 Å². The number of H-pyrrole nitrogens is 1. The molecule has 1 N–H and O–H groups in total. The minimum absolute atomic E-state index is 0.650. The molecule has 1 unspecified atom stereocenters. The van der Waals surface area contributed by atoms with Crippen molar-refractivity contribution in [2.45, 2.75) is 18.7 Å². The van der Waals surface area contributed by atoms with Crippen molar-refractivity contribution in [2.24, 2.45) is 0 Å². The Hall–Kier alpha value is -0.460. The van der Waals surface area contributed by atoms with Crippen molar-refractivity contribution in [2.75, 3.05) is 17.3 Å². The second kappa shape index (κ2) is 5.27. The average Bonchev–Trinajstić information content (AvgIpc) is 2.67. The summed E-state index contributed by atoms with van der Waals surface area (Å²) in [6, 6.07) is 4.08. The fourth-order valence-electron chi connectivity index (χ4n) is 2.14. The van der Waals surface area contributed by atoms with E-state index in [1.165, 1.54) is 17.3 Å². The zero-order chi connectivity index (χ0) is 12.5. The highest BCUT2D eigenvalue weighted by Crippen LogP contribution is 2.26. The lowest BCUT2D eigenvalue weighted by atomic mass is 10.3. The number of aryl methyl sites for hydroxylation is 1. The van der Waals surface area contributed by atoms with E-state index in [9.17, 15) is 0 Å². The molecule has 1 aliphatic rings. The van der Waals surface area contributed by atoms with Gasteiger partial charge in [0.15, 0.2) is 10.4 Å². The van der Waals surface area contributed by atoms with Crippen molar-refractivity contribution in [1.82, 2.24) is 14.5 Å². The third-order valence-electron chi connectivity index (χ3n) is 3.03. The molecule has 96 valence electrons. The molecule has 0 bridgehead atoms.